The fourth-order valence-corrected chi connectivity index (χ4v) is 3.25. The summed E-state index contributed by atoms with van der Waals surface area (Å²) in [5.74, 6) is 1.73. The van der Waals surface area contributed by atoms with Gasteiger partial charge in [-0.3, -0.25) is 9.69 Å². The van der Waals surface area contributed by atoms with Crippen molar-refractivity contribution >= 4 is 17.1 Å². The zero-order valence-corrected chi connectivity index (χ0v) is 11.7. The fraction of sp³-hybridized carbons (Fsp3) is 0.643. The quantitative estimate of drug-likeness (QED) is 0.767. The van der Waals surface area contributed by atoms with Gasteiger partial charge in [0.2, 0.25) is 0 Å². The molecule has 2 atom stereocenters. The first-order valence-corrected chi connectivity index (χ1v) is 7.26. The first-order chi connectivity index (χ1) is 8.10. The Morgan fingerprint density at radius 1 is 1.35 bits per heavy atom. The number of ketones is 1. The van der Waals surface area contributed by atoms with E-state index < -0.39 is 0 Å². The highest BCUT2D eigenvalue weighted by Crippen LogP contribution is 2.23. The maximum Gasteiger partial charge on any atom is 0.186 e. The third-order valence-electron chi connectivity index (χ3n) is 3.72. The molecule has 0 bridgehead atoms. The second-order valence-corrected chi connectivity index (χ2v) is 6.36. The molecule has 0 saturated carbocycles. The summed E-state index contributed by atoms with van der Waals surface area (Å²) in [6.07, 6.45) is 1.02. The van der Waals surface area contributed by atoms with Gasteiger partial charge in [0, 0.05) is 18.0 Å². The van der Waals surface area contributed by atoms with Crippen molar-refractivity contribution in [2.75, 3.05) is 19.6 Å². The molecule has 1 aromatic heterocycles. The summed E-state index contributed by atoms with van der Waals surface area (Å²) in [6, 6.07) is 4.06. The average molecular weight is 251 g/mol. The molecule has 0 aliphatic carbocycles. The summed E-state index contributed by atoms with van der Waals surface area (Å²) >= 11 is 1.65. The monoisotopic (exact) mass is 251 g/mol. The summed E-state index contributed by atoms with van der Waals surface area (Å²) in [5.41, 5.74) is 0. The SMILES string of the molecule is CCc1ccc(C(=O)CN2CC(C)C(C)C2)s1. The molecule has 17 heavy (non-hydrogen) atoms. The Labute approximate surface area is 108 Å². The zero-order valence-electron chi connectivity index (χ0n) is 10.9. The highest BCUT2D eigenvalue weighted by molar-refractivity contribution is 7.14. The highest BCUT2D eigenvalue weighted by atomic mass is 32.1. The van der Waals surface area contributed by atoms with Crippen LogP contribution in [0, 0.1) is 11.8 Å². The van der Waals surface area contributed by atoms with Crippen LogP contribution < -0.4 is 0 Å². The van der Waals surface area contributed by atoms with E-state index in [2.05, 4.69) is 31.7 Å². The molecule has 94 valence electrons. The molecule has 2 rings (SSSR count). The van der Waals surface area contributed by atoms with Gasteiger partial charge >= 0.3 is 0 Å². The van der Waals surface area contributed by atoms with Crippen molar-refractivity contribution in [1.82, 2.24) is 4.90 Å². The molecule has 0 radical (unpaired) electrons. The van der Waals surface area contributed by atoms with Crippen molar-refractivity contribution in [3.05, 3.63) is 21.9 Å². The molecule has 0 spiro atoms. The molecular formula is C14H21NOS. The molecule has 1 saturated heterocycles. The van der Waals surface area contributed by atoms with Crippen LogP contribution in [0.5, 0.6) is 0 Å². The minimum atomic E-state index is 0.288. The molecule has 0 amide bonds. The fourth-order valence-electron chi connectivity index (χ4n) is 2.38. The first-order valence-electron chi connectivity index (χ1n) is 6.44. The van der Waals surface area contributed by atoms with Crippen LogP contribution in [-0.2, 0) is 6.42 Å². The van der Waals surface area contributed by atoms with E-state index in [1.165, 1.54) is 4.88 Å². The number of aryl methyl sites for hydroxylation is 1. The molecule has 3 heteroatoms. The van der Waals surface area contributed by atoms with E-state index in [0.29, 0.717) is 6.54 Å². The average Bonchev–Trinajstić information content (AvgIpc) is 2.87. The third kappa shape index (κ3) is 2.96. The second-order valence-electron chi connectivity index (χ2n) is 5.19. The Morgan fingerprint density at radius 2 is 2.00 bits per heavy atom. The first kappa shape index (κ1) is 12.8. The number of carbonyl (C=O) groups is 1. The zero-order chi connectivity index (χ0) is 12.4. The number of rotatable bonds is 4. The molecular weight excluding hydrogens is 230 g/mol. The van der Waals surface area contributed by atoms with Crippen molar-refractivity contribution in [3.8, 4) is 0 Å². The Morgan fingerprint density at radius 3 is 2.53 bits per heavy atom. The highest BCUT2D eigenvalue weighted by Gasteiger charge is 2.27. The van der Waals surface area contributed by atoms with Gasteiger partial charge in [-0.15, -0.1) is 11.3 Å². The molecule has 1 fully saturated rings. The van der Waals surface area contributed by atoms with Gasteiger partial charge in [-0.05, 0) is 30.4 Å². The van der Waals surface area contributed by atoms with Gasteiger partial charge in [0.1, 0.15) is 0 Å². The van der Waals surface area contributed by atoms with E-state index in [1.807, 2.05) is 6.07 Å². The minimum Gasteiger partial charge on any atom is -0.295 e. The van der Waals surface area contributed by atoms with E-state index in [-0.39, 0.29) is 5.78 Å². The predicted octanol–water partition coefficient (Wildman–Crippen LogP) is 3.08. The lowest BCUT2D eigenvalue weighted by Crippen LogP contribution is -2.27. The number of nitrogens with zero attached hydrogens (tertiary/aromatic N) is 1. The van der Waals surface area contributed by atoms with Crippen LogP contribution >= 0.6 is 11.3 Å². The summed E-state index contributed by atoms with van der Waals surface area (Å²) in [6.45, 7) is 9.41. The smallest absolute Gasteiger partial charge is 0.186 e. The Bertz CT molecular complexity index is 389. The van der Waals surface area contributed by atoms with E-state index in [1.54, 1.807) is 11.3 Å². The normalized spacial score (nSPS) is 25.4. The molecule has 0 N–H and O–H groups in total. The molecule has 2 nitrogen and oxygen atoms in total. The van der Waals surface area contributed by atoms with Crippen LogP contribution in [0.3, 0.4) is 0 Å². The largest absolute Gasteiger partial charge is 0.295 e. The van der Waals surface area contributed by atoms with E-state index in [0.717, 1.165) is 36.2 Å². The number of thiophene rings is 1. The number of hydrogen-bond acceptors (Lipinski definition) is 3. The second kappa shape index (κ2) is 5.32. The number of hydrogen-bond donors (Lipinski definition) is 0. The van der Waals surface area contributed by atoms with Crippen molar-refractivity contribution in [2.45, 2.75) is 27.2 Å². The lowest BCUT2D eigenvalue weighted by atomic mass is 10.0. The number of Topliss-reactive ketones (excluding diaryl/α,β-unsaturated/α-hetero) is 1. The van der Waals surface area contributed by atoms with Crippen LogP contribution in [-0.4, -0.2) is 30.3 Å². The van der Waals surface area contributed by atoms with Crippen LogP contribution in [0.25, 0.3) is 0 Å². The summed E-state index contributed by atoms with van der Waals surface area (Å²) in [5, 5.41) is 0. The van der Waals surface area contributed by atoms with Crippen LogP contribution in [0.15, 0.2) is 12.1 Å². The minimum absolute atomic E-state index is 0.288. The van der Waals surface area contributed by atoms with Gasteiger partial charge in [0.05, 0.1) is 11.4 Å². The number of likely N-dealkylation sites (tertiary alicyclic amines) is 1. The predicted molar refractivity (Wildman–Crippen MR) is 72.8 cm³/mol. The van der Waals surface area contributed by atoms with Crippen LogP contribution in [0.1, 0.15) is 35.3 Å². The summed E-state index contributed by atoms with van der Waals surface area (Å²) < 4.78 is 0. The summed E-state index contributed by atoms with van der Waals surface area (Å²) in [4.78, 5) is 16.6. The van der Waals surface area contributed by atoms with Crippen molar-refractivity contribution in [1.29, 1.82) is 0 Å². The number of carbonyl (C=O) groups excluding carboxylic acids is 1. The molecule has 2 heterocycles. The summed E-state index contributed by atoms with van der Waals surface area (Å²) in [7, 11) is 0. The molecule has 0 aromatic carbocycles. The van der Waals surface area contributed by atoms with Crippen LogP contribution in [0.4, 0.5) is 0 Å². The van der Waals surface area contributed by atoms with Crippen molar-refractivity contribution in [3.63, 3.8) is 0 Å². The van der Waals surface area contributed by atoms with Gasteiger partial charge in [0.25, 0.3) is 0 Å². The van der Waals surface area contributed by atoms with Gasteiger partial charge in [-0.25, -0.2) is 0 Å². The standard InChI is InChI=1S/C14H21NOS/c1-4-12-5-6-14(17-12)13(16)9-15-7-10(2)11(3)8-15/h5-6,10-11H,4,7-9H2,1-3H3. The van der Waals surface area contributed by atoms with Crippen molar-refractivity contribution < 1.29 is 4.79 Å². The van der Waals surface area contributed by atoms with Crippen molar-refractivity contribution in [2.24, 2.45) is 11.8 Å². The molecule has 1 aliphatic heterocycles. The lowest BCUT2D eigenvalue weighted by molar-refractivity contribution is 0.0946. The Balaban J connectivity index is 1.93. The molecule has 2 unspecified atom stereocenters. The van der Waals surface area contributed by atoms with Gasteiger partial charge in [-0.2, -0.15) is 0 Å². The Hall–Kier alpha value is -0.670. The maximum absolute atomic E-state index is 12.1. The third-order valence-corrected chi connectivity index (χ3v) is 4.99. The topological polar surface area (TPSA) is 20.3 Å². The van der Waals surface area contributed by atoms with E-state index in [4.69, 9.17) is 0 Å². The van der Waals surface area contributed by atoms with Gasteiger partial charge in [0.15, 0.2) is 5.78 Å². The van der Waals surface area contributed by atoms with E-state index in [9.17, 15) is 4.79 Å². The maximum atomic E-state index is 12.1. The van der Waals surface area contributed by atoms with E-state index >= 15 is 0 Å². The van der Waals surface area contributed by atoms with Gasteiger partial charge in [-0.1, -0.05) is 20.8 Å². The van der Waals surface area contributed by atoms with Crippen LogP contribution in [0.2, 0.25) is 0 Å². The molecule has 1 aliphatic rings. The van der Waals surface area contributed by atoms with Gasteiger partial charge < -0.3 is 0 Å². The lowest BCUT2D eigenvalue weighted by Gasteiger charge is -2.13. The Kier molecular flexibility index (Phi) is 4.00. The molecule has 1 aromatic rings.